The van der Waals surface area contributed by atoms with Crippen LogP contribution in [0.1, 0.15) is 18.4 Å². The van der Waals surface area contributed by atoms with Crippen molar-refractivity contribution in [3.8, 4) is 0 Å². The Hall–Kier alpha value is -2.21. The first-order chi connectivity index (χ1) is 11.0. The maximum Gasteiger partial charge on any atom is 0.326 e. The van der Waals surface area contributed by atoms with Crippen LogP contribution >= 0.6 is 0 Å². The van der Waals surface area contributed by atoms with Crippen molar-refractivity contribution in [2.75, 3.05) is 13.1 Å². The highest BCUT2D eigenvalue weighted by atomic mass is 19.1. The molecule has 1 aromatic rings. The number of benzene rings is 1. The molecule has 1 aromatic carbocycles. The van der Waals surface area contributed by atoms with E-state index in [-0.39, 0.29) is 30.7 Å². The lowest BCUT2D eigenvalue weighted by atomic mass is 10.0. The van der Waals surface area contributed by atoms with E-state index in [1.807, 2.05) is 0 Å². The van der Waals surface area contributed by atoms with Crippen LogP contribution in [0.2, 0.25) is 0 Å². The van der Waals surface area contributed by atoms with Gasteiger partial charge in [-0.25, -0.2) is 9.18 Å². The first-order valence-corrected chi connectivity index (χ1v) is 7.65. The molecule has 2 rings (SSSR count). The summed E-state index contributed by atoms with van der Waals surface area (Å²) in [5, 5.41) is 12.6. The van der Waals surface area contributed by atoms with Crippen LogP contribution in [-0.2, 0) is 16.0 Å². The molecule has 0 aliphatic carbocycles. The smallest absolute Gasteiger partial charge is 0.326 e. The fourth-order valence-corrected chi connectivity index (χ4v) is 2.78. The van der Waals surface area contributed by atoms with Gasteiger partial charge in [-0.2, -0.15) is 0 Å². The molecule has 1 heterocycles. The Bertz CT molecular complexity index is 568. The van der Waals surface area contributed by atoms with E-state index in [0.717, 1.165) is 13.0 Å². The molecule has 1 aliphatic rings. The Balaban J connectivity index is 2.19. The molecule has 0 saturated carbocycles. The minimum Gasteiger partial charge on any atom is -0.480 e. The van der Waals surface area contributed by atoms with E-state index >= 15 is 0 Å². The van der Waals surface area contributed by atoms with Crippen molar-refractivity contribution in [2.24, 2.45) is 0 Å². The number of rotatable bonds is 7. The predicted octanol–water partition coefficient (Wildman–Crippen LogP) is 1.59. The molecule has 0 spiro atoms. The van der Waals surface area contributed by atoms with E-state index in [9.17, 15) is 19.1 Å². The molecule has 2 N–H and O–H groups in total. The molecule has 1 aliphatic heterocycles. The third-order valence-corrected chi connectivity index (χ3v) is 3.97. The van der Waals surface area contributed by atoms with Gasteiger partial charge in [0.15, 0.2) is 0 Å². The number of nitrogens with zero attached hydrogens (tertiary/aromatic N) is 1. The molecule has 0 aromatic heterocycles. The topological polar surface area (TPSA) is 69.6 Å². The average molecular weight is 320 g/mol. The molecule has 1 saturated heterocycles. The van der Waals surface area contributed by atoms with Gasteiger partial charge in [0, 0.05) is 13.0 Å². The van der Waals surface area contributed by atoms with Gasteiger partial charge in [0.1, 0.15) is 11.9 Å². The summed E-state index contributed by atoms with van der Waals surface area (Å²) in [7, 11) is 0. The number of carbonyl (C=O) groups excluding carboxylic acids is 1. The van der Waals surface area contributed by atoms with Crippen LogP contribution in [0.15, 0.2) is 36.9 Å². The number of amides is 1. The van der Waals surface area contributed by atoms with Gasteiger partial charge < -0.3 is 15.3 Å². The first kappa shape index (κ1) is 17.1. The van der Waals surface area contributed by atoms with E-state index in [2.05, 4.69) is 11.9 Å². The fourth-order valence-electron chi connectivity index (χ4n) is 2.78. The lowest BCUT2D eigenvalue weighted by molar-refractivity contribution is -0.150. The van der Waals surface area contributed by atoms with E-state index in [1.54, 1.807) is 0 Å². The van der Waals surface area contributed by atoms with Crippen molar-refractivity contribution in [2.45, 2.75) is 31.3 Å². The third-order valence-electron chi connectivity index (χ3n) is 3.97. The van der Waals surface area contributed by atoms with Crippen molar-refractivity contribution in [1.82, 2.24) is 10.2 Å². The number of aliphatic carboxylic acids is 1. The van der Waals surface area contributed by atoms with Gasteiger partial charge in [0.2, 0.25) is 5.91 Å². The summed E-state index contributed by atoms with van der Waals surface area (Å²) in [4.78, 5) is 25.6. The summed E-state index contributed by atoms with van der Waals surface area (Å²) in [5.41, 5.74) is 0.667. The van der Waals surface area contributed by atoms with Crippen LogP contribution in [0.3, 0.4) is 0 Å². The van der Waals surface area contributed by atoms with Gasteiger partial charge in [-0.3, -0.25) is 4.79 Å². The lowest BCUT2D eigenvalue weighted by Gasteiger charge is -2.30. The van der Waals surface area contributed by atoms with E-state index in [4.69, 9.17) is 0 Å². The Kier molecular flexibility index (Phi) is 5.87. The summed E-state index contributed by atoms with van der Waals surface area (Å²) in [5.74, 6) is -1.69. The molecule has 5 nitrogen and oxygen atoms in total. The fraction of sp³-hybridized carbons (Fsp3) is 0.412. The van der Waals surface area contributed by atoms with Crippen LogP contribution in [0.4, 0.5) is 4.39 Å². The highest BCUT2D eigenvalue weighted by molar-refractivity contribution is 5.87. The summed E-state index contributed by atoms with van der Waals surface area (Å²) >= 11 is 0. The Morgan fingerprint density at radius 2 is 2.13 bits per heavy atom. The van der Waals surface area contributed by atoms with Crippen molar-refractivity contribution in [3.63, 3.8) is 0 Å². The summed E-state index contributed by atoms with van der Waals surface area (Å²) in [6.07, 6.45) is 3.25. The molecule has 1 amide bonds. The van der Waals surface area contributed by atoms with Crippen LogP contribution in [0.25, 0.3) is 0 Å². The SMILES string of the molecule is C=CCN(C(=O)[C@@H]1CCCN1)[C@@H](Cc1ccc(F)cc1)C(=O)O. The molecule has 23 heavy (non-hydrogen) atoms. The highest BCUT2D eigenvalue weighted by Gasteiger charge is 2.34. The second kappa shape index (κ2) is 7.87. The van der Waals surface area contributed by atoms with Crippen molar-refractivity contribution in [1.29, 1.82) is 0 Å². The minimum absolute atomic E-state index is 0.127. The van der Waals surface area contributed by atoms with E-state index < -0.39 is 12.0 Å². The number of carboxylic acids is 1. The molecule has 6 heteroatoms. The van der Waals surface area contributed by atoms with Crippen LogP contribution in [-0.4, -0.2) is 47.1 Å². The number of carboxylic acid groups (broad SMARTS) is 1. The third kappa shape index (κ3) is 4.39. The number of halogens is 1. The summed E-state index contributed by atoms with van der Waals surface area (Å²) in [6.45, 7) is 4.53. The molecule has 1 fully saturated rings. The van der Waals surface area contributed by atoms with Gasteiger partial charge >= 0.3 is 5.97 Å². The van der Waals surface area contributed by atoms with Gasteiger partial charge in [-0.15, -0.1) is 6.58 Å². The molecule has 0 bridgehead atoms. The molecule has 0 unspecified atom stereocenters. The Morgan fingerprint density at radius 3 is 2.65 bits per heavy atom. The predicted molar refractivity (Wildman–Crippen MR) is 84.5 cm³/mol. The first-order valence-electron chi connectivity index (χ1n) is 7.65. The Labute approximate surface area is 134 Å². The Morgan fingerprint density at radius 1 is 1.43 bits per heavy atom. The van der Waals surface area contributed by atoms with E-state index in [1.165, 1.54) is 35.2 Å². The van der Waals surface area contributed by atoms with Crippen molar-refractivity contribution < 1.29 is 19.1 Å². The molecular formula is C17H21FN2O3. The highest BCUT2D eigenvalue weighted by Crippen LogP contribution is 2.15. The van der Waals surface area contributed by atoms with Gasteiger partial charge in [0.05, 0.1) is 6.04 Å². The molecule has 124 valence electrons. The second-order valence-corrected chi connectivity index (χ2v) is 5.61. The maximum atomic E-state index is 13.0. The minimum atomic E-state index is -1.08. The largest absolute Gasteiger partial charge is 0.480 e. The quantitative estimate of drug-likeness (QED) is 0.749. The normalized spacial score (nSPS) is 18.4. The molecule has 2 atom stereocenters. The monoisotopic (exact) mass is 320 g/mol. The molecular weight excluding hydrogens is 299 g/mol. The lowest BCUT2D eigenvalue weighted by Crippen LogP contribution is -2.52. The zero-order chi connectivity index (χ0) is 16.8. The van der Waals surface area contributed by atoms with Crippen LogP contribution < -0.4 is 5.32 Å². The maximum absolute atomic E-state index is 13.0. The summed E-state index contributed by atoms with van der Waals surface area (Å²) < 4.78 is 13.0. The standard InChI is InChI=1S/C17H21FN2O3/c1-2-10-20(16(21)14-4-3-9-19-14)15(17(22)23)11-12-5-7-13(18)8-6-12/h2,5-8,14-15,19H,1,3-4,9-11H2,(H,22,23)/t14-,15-/m0/s1. The second-order valence-electron chi connectivity index (χ2n) is 5.61. The zero-order valence-corrected chi connectivity index (χ0v) is 12.9. The van der Waals surface area contributed by atoms with Crippen LogP contribution in [0, 0.1) is 5.82 Å². The van der Waals surface area contributed by atoms with E-state index in [0.29, 0.717) is 12.0 Å². The van der Waals surface area contributed by atoms with Crippen LogP contribution in [0.5, 0.6) is 0 Å². The average Bonchev–Trinajstić information content (AvgIpc) is 3.06. The number of nitrogens with one attached hydrogen (secondary N) is 1. The van der Waals surface area contributed by atoms with Crippen molar-refractivity contribution in [3.05, 3.63) is 48.3 Å². The number of hydrogen-bond acceptors (Lipinski definition) is 3. The number of hydrogen-bond donors (Lipinski definition) is 2. The van der Waals surface area contributed by atoms with Gasteiger partial charge in [-0.05, 0) is 37.1 Å². The zero-order valence-electron chi connectivity index (χ0n) is 12.9. The molecule has 0 radical (unpaired) electrons. The summed E-state index contributed by atoms with van der Waals surface area (Å²) in [6, 6.07) is 4.29. The van der Waals surface area contributed by atoms with Crippen molar-refractivity contribution >= 4 is 11.9 Å². The van der Waals surface area contributed by atoms with Gasteiger partial charge in [0.25, 0.3) is 0 Å². The van der Waals surface area contributed by atoms with Gasteiger partial charge in [-0.1, -0.05) is 18.2 Å². The number of carbonyl (C=O) groups is 2.